The number of ether oxygens (including phenoxy) is 1. The first-order chi connectivity index (χ1) is 11.3. The fraction of sp³-hybridized carbons (Fsp3) is 0.944. The number of nitrogens with one attached hydrogen (secondary N) is 2. The minimum absolute atomic E-state index is 0. The molecule has 0 spiro atoms. The summed E-state index contributed by atoms with van der Waals surface area (Å²) in [7, 11) is 4.05. The molecule has 0 aromatic rings. The number of halogens is 1. The third-order valence-corrected chi connectivity index (χ3v) is 5.17. The van der Waals surface area contributed by atoms with Crippen molar-refractivity contribution in [2.45, 2.75) is 57.5 Å². The van der Waals surface area contributed by atoms with Crippen molar-refractivity contribution in [3.63, 3.8) is 0 Å². The predicted octanol–water partition coefficient (Wildman–Crippen LogP) is 2.85. The molecule has 2 rings (SSSR count). The zero-order chi connectivity index (χ0) is 16.3. The number of piperidine rings is 1. The molecule has 0 aromatic heterocycles. The second-order valence-corrected chi connectivity index (χ2v) is 7.11. The Hall–Kier alpha value is -0.0800. The molecule has 1 saturated heterocycles. The zero-order valence-corrected chi connectivity index (χ0v) is 17.9. The van der Waals surface area contributed by atoms with Crippen LogP contribution in [0.4, 0.5) is 0 Å². The highest BCUT2D eigenvalue weighted by molar-refractivity contribution is 14.0. The smallest absolute Gasteiger partial charge is 0.191 e. The lowest BCUT2D eigenvalue weighted by atomic mass is 9.97. The molecule has 1 aliphatic heterocycles. The van der Waals surface area contributed by atoms with E-state index in [0.717, 1.165) is 31.6 Å². The van der Waals surface area contributed by atoms with E-state index in [2.05, 4.69) is 27.6 Å². The van der Waals surface area contributed by atoms with Crippen LogP contribution in [-0.4, -0.2) is 63.8 Å². The van der Waals surface area contributed by atoms with E-state index in [4.69, 9.17) is 4.74 Å². The Morgan fingerprint density at radius 1 is 1.04 bits per heavy atom. The lowest BCUT2D eigenvalue weighted by Gasteiger charge is -2.29. The van der Waals surface area contributed by atoms with E-state index in [0.29, 0.717) is 6.10 Å². The van der Waals surface area contributed by atoms with E-state index < -0.39 is 0 Å². The van der Waals surface area contributed by atoms with Crippen molar-refractivity contribution in [1.29, 1.82) is 0 Å². The fourth-order valence-electron chi connectivity index (χ4n) is 3.53. The molecule has 0 amide bonds. The average molecular weight is 452 g/mol. The van der Waals surface area contributed by atoms with Crippen molar-refractivity contribution < 1.29 is 4.74 Å². The SMILES string of the molecule is CN=C(NCCOC1CCCCCC1)NCC1CCN(C)CC1.I. The van der Waals surface area contributed by atoms with Crippen molar-refractivity contribution in [2.75, 3.05) is 46.9 Å². The molecular formula is C18H37IN4O. The fourth-order valence-corrected chi connectivity index (χ4v) is 3.53. The molecule has 24 heavy (non-hydrogen) atoms. The van der Waals surface area contributed by atoms with Crippen LogP contribution in [-0.2, 0) is 4.74 Å². The number of rotatable bonds is 6. The Morgan fingerprint density at radius 2 is 1.71 bits per heavy atom. The van der Waals surface area contributed by atoms with Crippen LogP contribution >= 0.6 is 24.0 Å². The molecule has 1 aliphatic carbocycles. The number of hydrogen-bond donors (Lipinski definition) is 2. The molecule has 0 unspecified atom stereocenters. The van der Waals surface area contributed by atoms with Gasteiger partial charge in [-0.2, -0.15) is 0 Å². The first kappa shape index (κ1) is 22.0. The molecule has 2 aliphatic rings. The van der Waals surface area contributed by atoms with Gasteiger partial charge in [-0.15, -0.1) is 24.0 Å². The molecule has 1 heterocycles. The molecule has 2 fully saturated rings. The summed E-state index contributed by atoms with van der Waals surface area (Å²) in [5.41, 5.74) is 0. The summed E-state index contributed by atoms with van der Waals surface area (Å²) in [4.78, 5) is 6.73. The van der Waals surface area contributed by atoms with Gasteiger partial charge in [-0.05, 0) is 51.7 Å². The van der Waals surface area contributed by atoms with Crippen molar-refractivity contribution in [3.05, 3.63) is 0 Å². The first-order valence-corrected chi connectivity index (χ1v) is 9.52. The highest BCUT2D eigenvalue weighted by Crippen LogP contribution is 2.19. The van der Waals surface area contributed by atoms with Crippen LogP contribution in [0.2, 0.25) is 0 Å². The van der Waals surface area contributed by atoms with Gasteiger partial charge < -0.3 is 20.3 Å². The van der Waals surface area contributed by atoms with E-state index in [1.165, 1.54) is 64.5 Å². The van der Waals surface area contributed by atoms with Crippen LogP contribution in [0.25, 0.3) is 0 Å². The van der Waals surface area contributed by atoms with Gasteiger partial charge in [0.15, 0.2) is 5.96 Å². The van der Waals surface area contributed by atoms with Crippen LogP contribution in [0.5, 0.6) is 0 Å². The van der Waals surface area contributed by atoms with Crippen LogP contribution < -0.4 is 10.6 Å². The number of guanidine groups is 1. The topological polar surface area (TPSA) is 48.9 Å². The molecule has 1 saturated carbocycles. The quantitative estimate of drug-likeness (QED) is 0.214. The maximum Gasteiger partial charge on any atom is 0.191 e. The molecule has 2 N–H and O–H groups in total. The molecular weight excluding hydrogens is 415 g/mol. The van der Waals surface area contributed by atoms with E-state index in [-0.39, 0.29) is 24.0 Å². The van der Waals surface area contributed by atoms with E-state index in [1.54, 1.807) is 0 Å². The minimum atomic E-state index is 0. The molecule has 5 nitrogen and oxygen atoms in total. The number of nitrogens with zero attached hydrogens (tertiary/aromatic N) is 2. The summed E-state index contributed by atoms with van der Waals surface area (Å²) in [5, 5.41) is 6.84. The summed E-state index contributed by atoms with van der Waals surface area (Å²) in [6, 6.07) is 0. The molecule has 0 aromatic carbocycles. The second kappa shape index (κ2) is 13.2. The van der Waals surface area contributed by atoms with E-state index in [9.17, 15) is 0 Å². The highest BCUT2D eigenvalue weighted by Gasteiger charge is 2.16. The minimum Gasteiger partial charge on any atom is -0.376 e. The Bertz CT molecular complexity index is 338. The van der Waals surface area contributed by atoms with Crippen LogP contribution in [0.3, 0.4) is 0 Å². The van der Waals surface area contributed by atoms with Gasteiger partial charge in [0.1, 0.15) is 0 Å². The Morgan fingerprint density at radius 3 is 2.33 bits per heavy atom. The van der Waals surface area contributed by atoms with Gasteiger partial charge in [-0.3, -0.25) is 4.99 Å². The third-order valence-electron chi connectivity index (χ3n) is 5.17. The lowest BCUT2D eigenvalue weighted by molar-refractivity contribution is 0.0468. The average Bonchev–Trinajstić information content (AvgIpc) is 2.84. The van der Waals surface area contributed by atoms with Gasteiger partial charge >= 0.3 is 0 Å². The van der Waals surface area contributed by atoms with Crippen molar-refractivity contribution in [1.82, 2.24) is 15.5 Å². The number of aliphatic imine (C=N–C) groups is 1. The van der Waals surface area contributed by atoms with E-state index in [1.807, 2.05) is 7.05 Å². The van der Waals surface area contributed by atoms with Crippen LogP contribution in [0.15, 0.2) is 4.99 Å². The molecule has 6 heteroatoms. The molecule has 0 radical (unpaired) electrons. The first-order valence-electron chi connectivity index (χ1n) is 9.52. The summed E-state index contributed by atoms with van der Waals surface area (Å²) < 4.78 is 6.01. The number of hydrogen-bond acceptors (Lipinski definition) is 3. The van der Waals surface area contributed by atoms with Gasteiger partial charge in [-0.25, -0.2) is 0 Å². The number of likely N-dealkylation sites (tertiary alicyclic amines) is 1. The van der Waals surface area contributed by atoms with Crippen LogP contribution in [0, 0.1) is 5.92 Å². The summed E-state index contributed by atoms with van der Waals surface area (Å²) in [6.45, 7) is 5.07. The largest absolute Gasteiger partial charge is 0.376 e. The van der Waals surface area contributed by atoms with Crippen LogP contribution in [0.1, 0.15) is 51.4 Å². The van der Waals surface area contributed by atoms with Crippen molar-refractivity contribution in [2.24, 2.45) is 10.9 Å². The second-order valence-electron chi connectivity index (χ2n) is 7.11. The van der Waals surface area contributed by atoms with Gasteiger partial charge in [0.2, 0.25) is 0 Å². The Balaban J connectivity index is 0.00000288. The normalized spacial score (nSPS) is 21.8. The Labute approximate surface area is 165 Å². The Kier molecular flexibility index (Phi) is 12.0. The van der Waals surface area contributed by atoms with E-state index >= 15 is 0 Å². The highest BCUT2D eigenvalue weighted by atomic mass is 127. The van der Waals surface area contributed by atoms with Gasteiger partial charge in [0, 0.05) is 20.1 Å². The maximum atomic E-state index is 6.01. The van der Waals surface area contributed by atoms with Gasteiger partial charge in [-0.1, -0.05) is 25.7 Å². The summed E-state index contributed by atoms with van der Waals surface area (Å²) >= 11 is 0. The van der Waals surface area contributed by atoms with Crippen molar-refractivity contribution >= 4 is 29.9 Å². The zero-order valence-electron chi connectivity index (χ0n) is 15.6. The summed E-state index contributed by atoms with van der Waals surface area (Å²) in [5.74, 6) is 1.68. The van der Waals surface area contributed by atoms with Gasteiger partial charge in [0.05, 0.1) is 12.7 Å². The molecule has 142 valence electrons. The van der Waals surface area contributed by atoms with Crippen molar-refractivity contribution in [3.8, 4) is 0 Å². The van der Waals surface area contributed by atoms with Gasteiger partial charge in [0.25, 0.3) is 0 Å². The monoisotopic (exact) mass is 452 g/mol. The predicted molar refractivity (Wildman–Crippen MR) is 112 cm³/mol. The lowest BCUT2D eigenvalue weighted by Crippen LogP contribution is -2.43. The molecule has 0 bridgehead atoms. The maximum absolute atomic E-state index is 6.01. The summed E-state index contributed by atoms with van der Waals surface area (Å²) in [6.07, 6.45) is 10.9. The standard InChI is InChI=1S/C18H36N4O.HI/c1-19-18(21-15-16-9-12-22(2)13-10-16)20-11-14-23-17-7-5-3-4-6-8-17;/h16-17H,3-15H2,1-2H3,(H2,19,20,21);1H. The third kappa shape index (κ3) is 8.85. The molecule has 0 atom stereocenters.